The zero-order chi connectivity index (χ0) is 13.6. The van der Waals surface area contributed by atoms with E-state index < -0.39 is 0 Å². The minimum Gasteiger partial charge on any atom is -0.394 e. The van der Waals surface area contributed by atoms with Crippen LogP contribution >= 0.6 is 0 Å². The van der Waals surface area contributed by atoms with E-state index in [0.717, 1.165) is 19.5 Å². The van der Waals surface area contributed by atoms with Gasteiger partial charge in [-0.2, -0.15) is 0 Å². The first-order valence-corrected chi connectivity index (χ1v) is 7.65. The van der Waals surface area contributed by atoms with Gasteiger partial charge < -0.3 is 15.3 Å². The van der Waals surface area contributed by atoms with Crippen molar-refractivity contribution in [2.24, 2.45) is 5.92 Å². The monoisotopic (exact) mass is 256 g/mol. The lowest BCUT2D eigenvalue weighted by Gasteiger charge is -2.39. The van der Waals surface area contributed by atoms with Crippen LogP contribution < -0.4 is 5.32 Å². The Balaban J connectivity index is 2.59. The van der Waals surface area contributed by atoms with E-state index in [-0.39, 0.29) is 12.1 Å². The quantitative estimate of drug-likeness (QED) is 0.629. The van der Waals surface area contributed by atoms with Gasteiger partial charge in [0.05, 0.1) is 12.1 Å². The summed E-state index contributed by atoms with van der Waals surface area (Å²) in [5.74, 6) is 0.672. The van der Waals surface area contributed by atoms with Crippen molar-refractivity contribution in [1.82, 2.24) is 10.2 Å². The molecule has 1 rings (SSSR count). The van der Waals surface area contributed by atoms with Crippen LogP contribution in [0.15, 0.2) is 0 Å². The molecule has 0 bridgehead atoms. The molecule has 18 heavy (non-hydrogen) atoms. The van der Waals surface area contributed by atoms with E-state index in [1.54, 1.807) is 0 Å². The Morgan fingerprint density at radius 2 is 2.00 bits per heavy atom. The predicted octanol–water partition coefficient (Wildman–Crippen LogP) is 2.25. The van der Waals surface area contributed by atoms with Crippen LogP contribution in [0, 0.1) is 5.92 Å². The fourth-order valence-corrected chi connectivity index (χ4v) is 2.81. The van der Waals surface area contributed by atoms with Crippen molar-refractivity contribution in [1.29, 1.82) is 0 Å². The molecule has 2 unspecified atom stereocenters. The van der Waals surface area contributed by atoms with E-state index in [9.17, 15) is 5.11 Å². The third-order valence-corrected chi connectivity index (χ3v) is 4.36. The van der Waals surface area contributed by atoms with E-state index in [4.69, 9.17) is 0 Å². The molecule has 2 atom stereocenters. The normalized spacial score (nSPS) is 21.0. The molecule has 1 aliphatic carbocycles. The zero-order valence-corrected chi connectivity index (χ0v) is 12.7. The van der Waals surface area contributed by atoms with Gasteiger partial charge in [0.25, 0.3) is 0 Å². The fraction of sp³-hybridized carbons (Fsp3) is 1.00. The molecule has 1 saturated carbocycles. The fourth-order valence-electron chi connectivity index (χ4n) is 2.81. The number of hydrogen-bond acceptors (Lipinski definition) is 3. The summed E-state index contributed by atoms with van der Waals surface area (Å²) in [6.07, 6.45) is 6.13. The SMILES string of the molecule is CCCNC(CO)(CN(C)C(C)CCC)C1CC1. The van der Waals surface area contributed by atoms with E-state index >= 15 is 0 Å². The van der Waals surface area contributed by atoms with E-state index in [0.29, 0.717) is 12.0 Å². The second kappa shape index (κ2) is 7.46. The van der Waals surface area contributed by atoms with Crippen molar-refractivity contribution < 1.29 is 5.11 Å². The van der Waals surface area contributed by atoms with Gasteiger partial charge in [0, 0.05) is 12.6 Å². The Labute approximate surface area is 113 Å². The summed E-state index contributed by atoms with van der Waals surface area (Å²) in [5.41, 5.74) is -0.0627. The summed E-state index contributed by atoms with van der Waals surface area (Å²) >= 11 is 0. The van der Waals surface area contributed by atoms with Crippen LogP contribution in [-0.4, -0.2) is 48.3 Å². The predicted molar refractivity (Wildman–Crippen MR) is 77.8 cm³/mol. The molecule has 0 radical (unpaired) electrons. The first-order chi connectivity index (χ1) is 8.59. The van der Waals surface area contributed by atoms with Crippen molar-refractivity contribution in [2.75, 3.05) is 26.7 Å². The molecular weight excluding hydrogens is 224 g/mol. The van der Waals surface area contributed by atoms with Crippen molar-refractivity contribution in [3.05, 3.63) is 0 Å². The van der Waals surface area contributed by atoms with Gasteiger partial charge in [-0.15, -0.1) is 0 Å². The molecule has 1 aliphatic rings. The number of nitrogens with zero attached hydrogens (tertiary/aromatic N) is 1. The molecule has 3 heteroatoms. The molecular formula is C15H32N2O. The zero-order valence-electron chi connectivity index (χ0n) is 12.7. The smallest absolute Gasteiger partial charge is 0.0628 e. The Bertz CT molecular complexity index is 231. The molecule has 2 N–H and O–H groups in total. The van der Waals surface area contributed by atoms with Crippen LogP contribution in [0.25, 0.3) is 0 Å². The van der Waals surface area contributed by atoms with Crippen LogP contribution in [0.5, 0.6) is 0 Å². The highest BCUT2D eigenvalue weighted by atomic mass is 16.3. The molecule has 0 heterocycles. The molecule has 0 aromatic carbocycles. The van der Waals surface area contributed by atoms with Crippen LogP contribution in [0.2, 0.25) is 0 Å². The van der Waals surface area contributed by atoms with Crippen LogP contribution in [0.1, 0.15) is 52.9 Å². The molecule has 1 fully saturated rings. The van der Waals surface area contributed by atoms with Gasteiger partial charge in [0.2, 0.25) is 0 Å². The first kappa shape index (κ1) is 15.9. The molecule has 0 aromatic heterocycles. The Morgan fingerprint density at radius 3 is 2.44 bits per heavy atom. The molecule has 0 aliphatic heterocycles. The average molecular weight is 256 g/mol. The van der Waals surface area contributed by atoms with Crippen molar-refractivity contribution in [3.8, 4) is 0 Å². The van der Waals surface area contributed by atoms with Crippen LogP contribution in [-0.2, 0) is 0 Å². The van der Waals surface area contributed by atoms with Crippen LogP contribution in [0.4, 0.5) is 0 Å². The highest BCUT2D eigenvalue weighted by Crippen LogP contribution is 2.40. The highest BCUT2D eigenvalue weighted by Gasteiger charge is 2.45. The van der Waals surface area contributed by atoms with Gasteiger partial charge in [-0.05, 0) is 52.1 Å². The van der Waals surface area contributed by atoms with Gasteiger partial charge >= 0.3 is 0 Å². The number of aliphatic hydroxyl groups excluding tert-OH is 1. The molecule has 0 spiro atoms. The summed E-state index contributed by atoms with van der Waals surface area (Å²) in [4.78, 5) is 2.42. The Kier molecular flexibility index (Phi) is 6.61. The highest BCUT2D eigenvalue weighted by molar-refractivity contribution is 5.02. The topological polar surface area (TPSA) is 35.5 Å². The second-order valence-corrected chi connectivity index (χ2v) is 6.07. The summed E-state index contributed by atoms with van der Waals surface area (Å²) in [7, 11) is 2.20. The second-order valence-electron chi connectivity index (χ2n) is 6.07. The minimum atomic E-state index is -0.0627. The molecule has 3 nitrogen and oxygen atoms in total. The number of likely N-dealkylation sites (N-methyl/N-ethyl adjacent to an activating group) is 1. The van der Waals surface area contributed by atoms with Gasteiger partial charge in [0.1, 0.15) is 0 Å². The third kappa shape index (κ3) is 4.22. The van der Waals surface area contributed by atoms with Gasteiger partial charge in [-0.1, -0.05) is 20.3 Å². The van der Waals surface area contributed by atoms with Gasteiger partial charge in [0.15, 0.2) is 0 Å². The Morgan fingerprint density at radius 1 is 1.33 bits per heavy atom. The van der Waals surface area contributed by atoms with Crippen molar-refractivity contribution in [2.45, 2.75) is 64.5 Å². The summed E-state index contributed by atoms with van der Waals surface area (Å²) < 4.78 is 0. The lowest BCUT2D eigenvalue weighted by molar-refractivity contribution is 0.0850. The maximum atomic E-state index is 9.88. The van der Waals surface area contributed by atoms with E-state index in [1.165, 1.54) is 25.7 Å². The lowest BCUT2D eigenvalue weighted by atomic mass is 9.92. The first-order valence-electron chi connectivity index (χ1n) is 7.65. The number of nitrogens with one attached hydrogen (secondary N) is 1. The van der Waals surface area contributed by atoms with Crippen LogP contribution in [0.3, 0.4) is 0 Å². The maximum Gasteiger partial charge on any atom is 0.0628 e. The largest absolute Gasteiger partial charge is 0.394 e. The summed E-state index contributed by atoms with van der Waals surface area (Å²) in [5, 5.41) is 13.5. The standard InChI is InChI=1S/C15H32N2O/c1-5-7-13(3)17(4)11-15(12-18,14-8-9-14)16-10-6-2/h13-14,16,18H,5-12H2,1-4H3. The third-order valence-electron chi connectivity index (χ3n) is 4.36. The maximum absolute atomic E-state index is 9.88. The molecule has 0 saturated heterocycles. The molecule has 108 valence electrons. The van der Waals surface area contributed by atoms with Crippen molar-refractivity contribution in [3.63, 3.8) is 0 Å². The number of hydrogen-bond donors (Lipinski definition) is 2. The van der Waals surface area contributed by atoms with Gasteiger partial charge in [-0.3, -0.25) is 0 Å². The van der Waals surface area contributed by atoms with Crippen molar-refractivity contribution >= 4 is 0 Å². The minimum absolute atomic E-state index is 0.0627. The average Bonchev–Trinajstić information content (AvgIpc) is 3.19. The Hall–Kier alpha value is -0.120. The number of rotatable bonds is 10. The summed E-state index contributed by atoms with van der Waals surface area (Å²) in [6, 6.07) is 0.600. The van der Waals surface area contributed by atoms with E-state index in [2.05, 4.69) is 38.0 Å². The number of aliphatic hydroxyl groups is 1. The van der Waals surface area contributed by atoms with Gasteiger partial charge in [-0.25, -0.2) is 0 Å². The van der Waals surface area contributed by atoms with E-state index in [1.807, 2.05) is 0 Å². The summed E-state index contributed by atoms with van der Waals surface area (Å²) in [6.45, 7) is 8.95. The lowest BCUT2D eigenvalue weighted by Crippen LogP contribution is -2.58. The molecule has 0 amide bonds. The molecule has 0 aromatic rings.